The van der Waals surface area contributed by atoms with Crippen molar-refractivity contribution in [3.05, 3.63) is 35.4 Å². The fourth-order valence-electron chi connectivity index (χ4n) is 2.85. The summed E-state index contributed by atoms with van der Waals surface area (Å²) in [6.07, 6.45) is 5.05. The number of benzene rings is 1. The fourth-order valence-corrected chi connectivity index (χ4v) is 2.85. The van der Waals surface area contributed by atoms with Gasteiger partial charge in [-0.15, -0.1) is 0 Å². The van der Waals surface area contributed by atoms with Crippen molar-refractivity contribution in [1.29, 1.82) is 0 Å². The van der Waals surface area contributed by atoms with Crippen molar-refractivity contribution < 1.29 is 13.6 Å². The molecule has 5 heteroatoms. The number of carbonyl (C=O) groups is 1. The van der Waals surface area contributed by atoms with E-state index < -0.39 is 11.6 Å². The standard InChI is InChI=1S/C16H20F2N2O/c17-12-3-2-11(14(18)8-12)10-20(13-4-5-13)15(21)9-16(19)6-1-7-16/h2-3,8,13H,1,4-7,9-10,19H2. The van der Waals surface area contributed by atoms with E-state index >= 15 is 0 Å². The second-order valence-electron chi connectivity index (χ2n) is 6.38. The average Bonchev–Trinajstić information content (AvgIpc) is 3.20. The monoisotopic (exact) mass is 294 g/mol. The van der Waals surface area contributed by atoms with Gasteiger partial charge in [0.15, 0.2) is 0 Å². The Labute approximate surface area is 123 Å². The molecule has 0 spiro atoms. The van der Waals surface area contributed by atoms with Crippen molar-refractivity contribution in [3.63, 3.8) is 0 Å². The highest BCUT2D eigenvalue weighted by Crippen LogP contribution is 2.35. The van der Waals surface area contributed by atoms with Gasteiger partial charge in [0.25, 0.3) is 0 Å². The van der Waals surface area contributed by atoms with Crippen LogP contribution in [0.15, 0.2) is 18.2 Å². The van der Waals surface area contributed by atoms with Crippen LogP contribution in [0.1, 0.15) is 44.1 Å². The Bertz CT molecular complexity index is 553. The van der Waals surface area contributed by atoms with E-state index in [-0.39, 0.29) is 24.0 Å². The van der Waals surface area contributed by atoms with Crippen molar-refractivity contribution in [2.45, 2.75) is 56.7 Å². The molecule has 0 bridgehead atoms. The van der Waals surface area contributed by atoms with Crippen LogP contribution in [0.25, 0.3) is 0 Å². The number of hydrogen-bond acceptors (Lipinski definition) is 2. The molecule has 2 N–H and O–H groups in total. The molecule has 0 atom stereocenters. The number of nitrogens with two attached hydrogens (primary N) is 1. The highest BCUT2D eigenvalue weighted by atomic mass is 19.1. The SMILES string of the molecule is NC1(CC(=O)N(Cc2ccc(F)cc2F)C2CC2)CCC1. The number of nitrogens with zero attached hydrogens (tertiary/aromatic N) is 1. The summed E-state index contributed by atoms with van der Waals surface area (Å²) in [4.78, 5) is 14.2. The first-order chi connectivity index (χ1) is 9.97. The molecule has 0 aliphatic heterocycles. The Kier molecular flexibility index (Phi) is 3.69. The molecule has 0 unspecified atom stereocenters. The summed E-state index contributed by atoms with van der Waals surface area (Å²) in [5.74, 6) is -1.21. The largest absolute Gasteiger partial charge is 0.335 e. The van der Waals surface area contributed by atoms with Gasteiger partial charge in [-0.2, -0.15) is 0 Å². The van der Waals surface area contributed by atoms with E-state index in [2.05, 4.69) is 0 Å². The van der Waals surface area contributed by atoms with Gasteiger partial charge >= 0.3 is 0 Å². The third kappa shape index (κ3) is 3.23. The number of amides is 1. The van der Waals surface area contributed by atoms with Crippen LogP contribution in [0.3, 0.4) is 0 Å². The van der Waals surface area contributed by atoms with Crippen LogP contribution in [0.4, 0.5) is 8.78 Å². The first-order valence-corrected chi connectivity index (χ1v) is 7.49. The second-order valence-corrected chi connectivity index (χ2v) is 6.38. The summed E-state index contributed by atoms with van der Waals surface area (Å²) < 4.78 is 26.7. The lowest BCUT2D eigenvalue weighted by atomic mass is 9.75. The van der Waals surface area contributed by atoms with E-state index in [0.717, 1.165) is 38.2 Å². The van der Waals surface area contributed by atoms with Crippen LogP contribution in [0.2, 0.25) is 0 Å². The minimum absolute atomic E-state index is 0.0107. The Morgan fingerprint density at radius 2 is 2.05 bits per heavy atom. The molecular weight excluding hydrogens is 274 g/mol. The van der Waals surface area contributed by atoms with Crippen molar-refractivity contribution in [1.82, 2.24) is 4.90 Å². The molecule has 2 aliphatic rings. The average molecular weight is 294 g/mol. The first-order valence-electron chi connectivity index (χ1n) is 7.49. The highest BCUT2D eigenvalue weighted by molar-refractivity contribution is 5.78. The summed E-state index contributed by atoms with van der Waals surface area (Å²) in [6, 6.07) is 3.69. The van der Waals surface area contributed by atoms with E-state index in [4.69, 9.17) is 5.73 Å². The first kappa shape index (κ1) is 14.4. The van der Waals surface area contributed by atoms with Crippen molar-refractivity contribution in [2.75, 3.05) is 0 Å². The molecule has 1 amide bonds. The summed E-state index contributed by atoms with van der Waals surface area (Å²) in [7, 11) is 0. The Balaban J connectivity index is 1.71. The van der Waals surface area contributed by atoms with Gasteiger partial charge < -0.3 is 10.6 Å². The van der Waals surface area contributed by atoms with Crippen LogP contribution in [0.5, 0.6) is 0 Å². The van der Waals surface area contributed by atoms with Crippen LogP contribution >= 0.6 is 0 Å². The van der Waals surface area contributed by atoms with Gasteiger partial charge in [0.1, 0.15) is 11.6 Å². The van der Waals surface area contributed by atoms with E-state index in [9.17, 15) is 13.6 Å². The quantitative estimate of drug-likeness (QED) is 0.907. The van der Waals surface area contributed by atoms with Gasteiger partial charge in [0.2, 0.25) is 5.91 Å². The summed E-state index contributed by atoms with van der Waals surface area (Å²) in [5, 5.41) is 0. The smallest absolute Gasteiger partial charge is 0.224 e. The van der Waals surface area contributed by atoms with Gasteiger partial charge in [0, 0.05) is 36.2 Å². The molecule has 0 radical (unpaired) electrons. The molecule has 21 heavy (non-hydrogen) atoms. The molecule has 114 valence electrons. The molecule has 3 rings (SSSR count). The zero-order valence-electron chi connectivity index (χ0n) is 11.9. The molecular formula is C16H20F2N2O. The minimum Gasteiger partial charge on any atom is -0.335 e. The Morgan fingerprint density at radius 3 is 2.57 bits per heavy atom. The highest BCUT2D eigenvalue weighted by Gasteiger charge is 2.39. The van der Waals surface area contributed by atoms with Gasteiger partial charge in [-0.1, -0.05) is 6.07 Å². The minimum atomic E-state index is -0.601. The predicted molar refractivity (Wildman–Crippen MR) is 75.3 cm³/mol. The summed E-state index contributed by atoms with van der Waals surface area (Å²) in [5.41, 5.74) is 6.12. The number of rotatable bonds is 5. The Hall–Kier alpha value is -1.49. The maximum absolute atomic E-state index is 13.8. The molecule has 1 aromatic rings. The molecule has 3 nitrogen and oxygen atoms in total. The third-order valence-electron chi connectivity index (χ3n) is 4.52. The summed E-state index contributed by atoms with van der Waals surface area (Å²) >= 11 is 0. The van der Waals surface area contributed by atoms with Gasteiger partial charge in [-0.3, -0.25) is 4.79 Å². The maximum Gasteiger partial charge on any atom is 0.224 e. The fraction of sp³-hybridized carbons (Fsp3) is 0.562. The zero-order valence-corrected chi connectivity index (χ0v) is 11.9. The normalized spacial score (nSPS) is 20.0. The zero-order chi connectivity index (χ0) is 15.0. The van der Waals surface area contributed by atoms with Crippen LogP contribution in [-0.4, -0.2) is 22.4 Å². The number of carbonyl (C=O) groups excluding carboxylic acids is 1. The maximum atomic E-state index is 13.8. The number of halogens is 2. The summed E-state index contributed by atoms with van der Waals surface area (Å²) in [6.45, 7) is 0.200. The van der Waals surface area contributed by atoms with E-state index in [0.29, 0.717) is 12.0 Å². The van der Waals surface area contributed by atoms with Crippen LogP contribution < -0.4 is 5.73 Å². The molecule has 1 aromatic carbocycles. The lowest BCUT2D eigenvalue weighted by molar-refractivity contribution is -0.134. The molecule has 2 fully saturated rings. The van der Waals surface area contributed by atoms with Crippen molar-refractivity contribution in [3.8, 4) is 0 Å². The topological polar surface area (TPSA) is 46.3 Å². The second kappa shape index (κ2) is 5.37. The van der Waals surface area contributed by atoms with Gasteiger partial charge in [0.05, 0.1) is 0 Å². The van der Waals surface area contributed by atoms with Crippen molar-refractivity contribution >= 4 is 5.91 Å². The lowest BCUT2D eigenvalue weighted by Gasteiger charge is -2.39. The number of hydrogen-bond donors (Lipinski definition) is 1. The molecule has 2 saturated carbocycles. The van der Waals surface area contributed by atoms with E-state index in [1.807, 2.05) is 0 Å². The predicted octanol–water partition coefficient (Wildman–Crippen LogP) is 2.73. The van der Waals surface area contributed by atoms with Gasteiger partial charge in [-0.05, 0) is 38.2 Å². The molecule has 0 heterocycles. The Morgan fingerprint density at radius 1 is 1.33 bits per heavy atom. The van der Waals surface area contributed by atoms with Crippen molar-refractivity contribution in [2.24, 2.45) is 5.73 Å². The van der Waals surface area contributed by atoms with Crippen LogP contribution in [0, 0.1) is 11.6 Å². The van der Waals surface area contributed by atoms with Crippen LogP contribution in [-0.2, 0) is 11.3 Å². The lowest BCUT2D eigenvalue weighted by Crippen LogP contribution is -2.50. The molecule has 2 aliphatic carbocycles. The molecule has 0 aromatic heterocycles. The van der Waals surface area contributed by atoms with E-state index in [1.54, 1.807) is 4.90 Å². The van der Waals surface area contributed by atoms with Gasteiger partial charge in [-0.25, -0.2) is 8.78 Å². The molecule has 0 saturated heterocycles. The third-order valence-corrected chi connectivity index (χ3v) is 4.52. The van der Waals surface area contributed by atoms with E-state index in [1.165, 1.54) is 12.1 Å².